The summed E-state index contributed by atoms with van der Waals surface area (Å²) in [4.78, 5) is 16.8. The molecule has 0 saturated carbocycles. The molecule has 0 aliphatic carbocycles. The third-order valence-electron chi connectivity index (χ3n) is 3.97. The highest BCUT2D eigenvalue weighted by Crippen LogP contribution is 2.26. The number of carbonyl (C=O) groups is 1. The molecule has 1 saturated heterocycles. The maximum atomic E-state index is 11.8. The van der Waals surface area contributed by atoms with Crippen LogP contribution in [0.5, 0.6) is 0 Å². The Bertz CT molecular complexity index is 505. The minimum Gasteiger partial charge on any atom is -0.393 e. The van der Waals surface area contributed by atoms with Crippen LogP contribution in [0.4, 0.5) is 4.79 Å². The third-order valence-corrected chi connectivity index (χ3v) is 5.00. The molecule has 0 aromatic heterocycles. The largest absolute Gasteiger partial charge is 0.393 e. The predicted molar refractivity (Wildman–Crippen MR) is 91.1 cm³/mol. The van der Waals surface area contributed by atoms with E-state index in [1.54, 1.807) is 19.0 Å². The molecule has 4 nitrogen and oxygen atoms in total. The molecular weight excluding hydrogens is 296 g/mol. The predicted octanol–water partition coefficient (Wildman–Crippen LogP) is 3.20. The van der Waals surface area contributed by atoms with Crippen LogP contribution < -0.4 is 0 Å². The summed E-state index contributed by atoms with van der Waals surface area (Å²) < 4.78 is 0. The van der Waals surface area contributed by atoms with Crippen molar-refractivity contribution < 1.29 is 9.90 Å². The van der Waals surface area contributed by atoms with Crippen molar-refractivity contribution in [3.8, 4) is 0 Å². The van der Waals surface area contributed by atoms with Gasteiger partial charge in [-0.2, -0.15) is 0 Å². The lowest BCUT2D eigenvalue weighted by molar-refractivity contribution is 0.131. The van der Waals surface area contributed by atoms with E-state index < -0.39 is 0 Å². The highest BCUT2D eigenvalue weighted by atomic mass is 32.2. The van der Waals surface area contributed by atoms with Gasteiger partial charge in [-0.3, -0.25) is 9.69 Å². The van der Waals surface area contributed by atoms with E-state index in [1.807, 2.05) is 19.1 Å². The zero-order chi connectivity index (χ0) is 16.1. The van der Waals surface area contributed by atoms with Gasteiger partial charge < -0.3 is 10.0 Å². The van der Waals surface area contributed by atoms with Crippen molar-refractivity contribution in [1.82, 2.24) is 9.80 Å². The molecule has 122 valence electrons. The molecule has 0 bridgehead atoms. The summed E-state index contributed by atoms with van der Waals surface area (Å²) >= 11 is 1.26. The number of hydrogen-bond donors (Lipinski definition) is 1. The molecule has 5 heteroatoms. The van der Waals surface area contributed by atoms with Crippen molar-refractivity contribution >= 4 is 17.0 Å². The summed E-state index contributed by atoms with van der Waals surface area (Å²) in [5, 5.41) is 9.67. The zero-order valence-corrected chi connectivity index (χ0v) is 14.5. The second-order valence-electron chi connectivity index (χ2n) is 6.26. The maximum absolute atomic E-state index is 11.8. The third kappa shape index (κ3) is 5.00. The topological polar surface area (TPSA) is 43.8 Å². The monoisotopic (exact) mass is 322 g/mol. The Morgan fingerprint density at radius 1 is 1.50 bits per heavy atom. The second-order valence-corrected chi connectivity index (χ2v) is 7.29. The Kier molecular flexibility index (Phi) is 6.29. The minimum atomic E-state index is -0.245. The first-order valence-corrected chi connectivity index (χ1v) is 8.67. The standard InChI is InChI=1S/C17H26N2O2S/c1-13(20)10-15-7-5-9-19(15)12-14-6-4-8-16(11-14)22-17(21)18(2)3/h4,6,8,11,13,15,20H,5,7,9-10,12H2,1-3H3. The fourth-order valence-corrected chi connectivity index (χ4v) is 3.64. The number of likely N-dealkylation sites (tertiary alicyclic amines) is 1. The molecule has 1 aliphatic rings. The van der Waals surface area contributed by atoms with E-state index in [0.29, 0.717) is 6.04 Å². The molecule has 1 aromatic carbocycles. The molecule has 0 radical (unpaired) electrons. The van der Waals surface area contributed by atoms with E-state index in [2.05, 4.69) is 17.0 Å². The lowest BCUT2D eigenvalue weighted by Gasteiger charge is -2.25. The smallest absolute Gasteiger partial charge is 0.285 e. The summed E-state index contributed by atoms with van der Waals surface area (Å²) in [7, 11) is 3.54. The summed E-state index contributed by atoms with van der Waals surface area (Å²) in [5.41, 5.74) is 1.23. The van der Waals surface area contributed by atoms with Crippen molar-refractivity contribution in [1.29, 1.82) is 0 Å². The molecule has 2 atom stereocenters. The molecule has 1 aliphatic heterocycles. The number of amides is 1. The lowest BCUT2D eigenvalue weighted by Crippen LogP contribution is -2.31. The number of thioether (sulfide) groups is 1. The molecule has 0 spiro atoms. The number of carbonyl (C=O) groups excluding carboxylic acids is 1. The highest BCUT2D eigenvalue weighted by molar-refractivity contribution is 8.13. The molecule has 1 heterocycles. The van der Waals surface area contributed by atoms with E-state index in [4.69, 9.17) is 0 Å². The van der Waals surface area contributed by atoms with Crippen molar-refractivity contribution in [2.75, 3.05) is 20.6 Å². The number of aliphatic hydroxyl groups is 1. The average molecular weight is 322 g/mol. The molecule has 2 rings (SSSR count). The Hall–Kier alpha value is -1.04. The van der Waals surface area contributed by atoms with E-state index >= 15 is 0 Å². The van der Waals surface area contributed by atoms with Gasteiger partial charge in [0, 0.05) is 31.6 Å². The van der Waals surface area contributed by atoms with Crippen LogP contribution in [0.1, 0.15) is 31.7 Å². The summed E-state index contributed by atoms with van der Waals surface area (Å²) in [6.07, 6.45) is 2.96. The maximum Gasteiger partial charge on any atom is 0.285 e. The first kappa shape index (κ1) is 17.3. The van der Waals surface area contributed by atoms with Crippen LogP contribution in [-0.4, -0.2) is 52.9 Å². The highest BCUT2D eigenvalue weighted by Gasteiger charge is 2.25. The first-order chi connectivity index (χ1) is 10.5. The Labute approximate surface area is 137 Å². The zero-order valence-electron chi connectivity index (χ0n) is 13.7. The van der Waals surface area contributed by atoms with E-state index in [9.17, 15) is 9.90 Å². The van der Waals surface area contributed by atoms with Gasteiger partial charge in [0.2, 0.25) is 0 Å². The molecule has 1 aromatic rings. The molecule has 1 N–H and O–H groups in total. The number of hydrogen-bond acceptors (Lipinski definition) is 4. The molecule has 1 fully saturated rings. The first-order valence-electron chi connectivity index (χ1n) is 7.86. The Morgan fingerprint density at radius 3 is 2.95 bits per heavy atom. The van der Waals surface area contributed by atoms with Crippen LogP contribution in [0, 0.1) is 0 Å². The Morgan fingerprint density at radius 2 is 2.27 bits per heavy atom. The van der Waals surface area contributed by atoms with Crippen molar-refractivity contribution in [2.45, 2.75) is 49.8 Å². The number of aliphatic hydroxyl groups excluding tert-OH is 1. The van der Waals surface area contributed by atoms with Gasteiger partial charge >= 0.3 is 0 Å². The van der Waals surface area contributed by atoms with Gasteiger partial charge in [-0.15, -0.1) is 0 Å². The summed E-state index contributed by atoms with van der Waals surface area (Å²) in [5.74, 6) is 0. The Balaban J connectivity index is 1.99. The fourth-order valence-electron chi connectivity index (χ4n) is 2.90. The molecule has 1 amide bonds. The van der Waals surface area contributed by atoms with E-state index in [1.165, 1.54) is 30.2 Å². The van der Waals surface area contributed by atoms with Crippen LogP contribution in [0.25, 0.3) is 0 Å². The molecule has 2 unspecified atom stereocenters. The van der Waals surface area contributed by atoms with E-state index in [-0.39, 0.29) is 11.3 Å². The second kappa shape index (κ2) is 7.99. The SMILES string of the molecule is CC(O)CC1CCCN1Cc1cccc(SC(=O)N(C)C)c1. The number of nitrogens with zero attached hydrogens (tertiary/aromatic N) is 2. The van der Waals surface area contributed by atoms with Gasteiger partial charge in [0.25, 0.3) is 5.24 Å². The fraction of sp³-hybridized carbons (Fsp3) is 0.588. The van der Waals surface area contributed by atoms with Gasteiger partial charge in [-0.1, -0.05) is 12.1 Å². The summed E-state index contributed by atoms with van der Waals surface area (Å²) in [6.45, 7) is 3.84. The van der Waals surface area contributed by atoms with Gasteiger partial charge in [0.1, 0.15) is 0 Å². The van der Waals surface area contributed by atoms with Crippen LogP contribution in [0.15, 0.2) is 29.2 Å². The van der Waals surface area contributed by atoms with Gasteiger partial charge in [-0.25, -0.2) is 0 Å². The van der Waals surface area contributed by atoms with Gasteiger partial charge in [0.05, 0.1) is 6.10 Å². The van der Waals surface area contributed by atoms with Gasteiger partial charge in [-0.05, 0) is 62.2 Å². The molecular formula is C17H26N2O2S. The minimum absolute atomic E-state index is 0.0466. The summed E-state index contributed by atoms with van der Waals surface area (Å²) in [6, 6.07) is 8.68. The lowest BCUT2D eigenvalue weighted by atomic mass is 10.1. The van der Waals surface area contributed by atoms with E-state index in [0.717, 1.165) is 24.4 Å². The van der Waals surface area contributed by atoms with Crippen molar-refractivity contribution in [3.05, 3.63) is 29.8 Å². The van der Waals surface area contributed by atoms with Crippen LogP contribution in [-0.2, 0) is 6.54 Å². The van der Waals surface area contributed by atoms with Crippen molar-refractivity contribution in [3.63, 3.8) is 0 Å². The molecule has 22 heavy (non-hydrogen) atoms. The van der Waals surface area contributed by atoms with Gasteiger partial charge in [0.15, 0.2) is 0 Å². The quantitative estimate of drug-likeness (QED) is 0.846. The van der Waals surface area contributed by atoms with Crippen LogP contribution >= 0.6 is 11.8 Å². The van der Waals surface area contributed by atoms with Crippen molar-refractivity contribution in [2.24, 2.45) is 0 Å². The number of benzene rings is 1. The normalized spacial score (nSPS) is 20.1. The van der Waals surface area contributed by atoms with Crippen LogP contribution in [0.3, 0.4) is 0 Å². The van der Waals surface area contributed by atoms with Crippen LogP contribution in [0.2, 0.25) is 0 Å². The number of rotatable bonds is 5. The average Bonchev–Trinajstić information content (AvgIpc) is 2.85.